The summed E-state index contributed by atoms with van der Waals surface area (Å²) in [6.45, 7) is 0. The van der Waals surface area contributed by atoms with Crippen LogP contribution in [0.4, 0.5) is 9.70 Å². The Morgan fingerprint density at radius 2 is 2.18 bits per heavy atom. The summed E-state index contributed by atoms with van der Waals surface area (Å²) < 4.78 is 32.8. The van der Waals surface area contributed by atoms with Gasteiger partial charge in [-0.1, -0.05) is 0 Å². The minimum Gasteiger partial charge on any atom is -0.383 e. The summed E-state index contributed by atoms with van der Waals surface area (Å²) in [5, 5.41) is 0. The molecule has 0 spiro atoms. The second kappa shape index (κ2) is 2.46. The third-order valence-corrected chi connectivity index (χ3v) is 1.93. The number of nitrogens with two attached hydrogens (primary N) is 1. The van der Waals surface area contributed by atoms with Crippen LogP contribution in [0.5, 0.6) is 0 Å². The molecule has 0 aliphatic carbocycles. The molecule has 11 heavy (non-hydrogen) atoms. The number of hydrogen-bond donors (Lipinski definition) is 1. The highest BCUT2D eigenvalue weighted by molar-refractivity contribution is 7.86. The zero-order valence-electron chi connectivity index (χ0n) is 5.36. The Labute approximate surface area is 63.1 Å². The number of nitrogen functional groups attached to an aromatic ring is 1. The second-order valence-electron chi connectivity index (χ2n) is 1.82. The fourth-order valence-corrected chi connectivity index (χ4v) is 1.15. The van der Waals surface area contributed by atoms with E-state index in [2.05, 4.69) is 4.98 Å². The van der Waals surface area contributed by atoms with Gasteiger partial charge in [0, 0.05) is 6.20 Å². The van der Waals surface area contributed by atoms with Crippen LogP contribution in [0.2, 0.25) is 0 Å². The molecule has 1 aromatic rings. The van der Waals surface area contributed by atoms with E-state index in [4.69, 9.17) is 5.73 Å². The normalized spacial score (nSPS) is 11.4. The highest BCUT2D eigenvalue weighted by Crippen LogP contribution is 2.16. The van der Waals surface area contributed by atoms with Crippen LogP contribution < -0.4 is 5.73 Å². The maximum absolute atomic E-state index is 12.2. The van der Waals surface area contributed by atoms with E-state index in [1.807, 2.05) is 0 Å². The van der Waals surface area contributed by atoms with E-state index >= 15 is 0 Å². The maximum atomic E-state index is 12.2. The van der Waals surface area contributed by atoms with Crippen LogP contribution in [-0.4, -0.2) is 13.4 Å². The summed E-state index contributed by atoms with van der Waals surface area (Å²) in [5.74, 6) is -0.324. The van der Waals surface area contributed by atoms with Crippen molar-refractivity contribution in [3.8, 4) is 0 Å². The van der Waals surface area contributed by atoms with Crippen molar-refractivity contribution in [2.45, 2.75) is 4.90 Å². The lowest BCUT2D eigenvalue weighted by molar-refractivity contribution is 0.552. The minimum atomic E-state index is -4.72. The van der Waals surface area contributed by atoms with Crippen molar-refractivity contribution in [3.05, 3.63) is 18.3 Å². The Morgan fingerprint density at radius 3 is 2.55 bits per heavy atom. The lowest BCUT2D eigenvalue weighted by atomic mass is 10.5. The van der Waals surface area contributed by atoms with Gasteiger partial charge in [0.15, 0.2) is 0 Å². The van der Waals surface area contributed by atoms with Crippen molar-refractivity contribution < 1.29 is 12.3 Å². The summed E-state index contributed by atoms with van der Waals surface area (Å²) in [6, 6.07) is 2.35. The smallest absolute Gasteiger partial charge is 0.335 e. The number of hydrogen-bond acceptors (Lipinski definition) is 4. The number of halogens is 1. The zero-order valence-corrected chi connectivity index (χ0v) is 6.18. The monoisotopic (exact) mass is 176 g/mol. The van der Waals surface area contributed by atoms with Crippen molar-refractivity contribution >= 4 is 16.0 Å². The molecule has 0 unspecified atom stereocenters. The van der Waals surface area contributed by atoms with Gasteiger partial charge in [-0.2, -0.15) is 8.42 Å². The average molecular weight is 176 g/mol. The van der Waals surface area contributed by atoms with Crippen LogP contribution in [0.15, 0.2) is 23.2 Å². The van der Waals surface area contributed by atoms with Gasteiger partial charge in [-0.25, -0.2) is 4.98 Å². The van der Waals surface area contributed by atoms with Crippen LogP contribution >= 0.6 is 0 Å². The first-order valence-electron chi connectivity index (χ1n) is 2.67. The third kappa shape index (κ3) is 1.64. The molecule has 0 bridgehead atoms. The molecule has 2 N–H and O–H groups in total. The molecule has 0 radical (unpaired) electrons. The van der Waals surface area contributed by atoms with Gasteiger partial charge in [-0.05, 0) is 12.1 Å². The molecule has 0 saturated heterocycles. The molecule has 0 aromatic carbocycles. The van der Waals surface area contributed by atoms with Gasteiger partial charge in [-0.15, -0.1) is 3.89 Å². The first kappa shape index (κ1) is 7.93. The summed E-state index contributed by atoms with van der Waals surface area (Å²) >= 11 is 0. The highest BCUT2D eigenvalue weighted by atomic mass is 32.3. The number of nitrogens with zero attached hydrogens (tertiary/aromatic N) is 1. The van der Waals surface area contributed by atoms with Crippen LogP contribution in [-0.2, 0) is 10.2 Å². The van der Waals surface area contributed by atoms with Gasteiger partial charge in [-0.3, -0.25) is 0 Å². The quantitative estimate of drug-likeness (QED) is 0.625. The molecular weight excluding hydrogens is 171 g/mol. The minimum absolute atomic E-state index is 0.324. The van der Waals surface area contributed by atoms with Crippen LogP contribution in [0.1, 0.15) is 0 Å². The molecule has 1 rings (SSSR count). The molecular formula is C5H5FN2O2S. The summed E-state index contributed by atoms with van der Waals surface area (Å²) in [5.41, 5.74) is 5.08. The van der Waals surface area contributed by atoms with E-state index < -0.39 is 15.1 Å². The topological polar surface area (TPSA) is 73.0 Å². The average Bonchev–Trinajstić information content (AvgIpc) is 1.86. The third-order valence-electron chi connectivity index (χ3n) is 1.06. The first-order valence-corrected chi connectivity index (χ1v) is 4.05. The van der Waals surface area contributed by atoms with Crippen LogP contribution in [0.25, 0.3) is 0 Å². The maximum Gasteiger partial charge on any atom is 0.335 e. The number of aromatic nitrogens is 1. The Bertz CT molecular complexity index is 363. The molecule has 6 heteroatoms. The van der Waals surface area contributed by atoms with E-state index in [9.17, 15) is 12.3 Å². The van der Waals surface area contributed by atoms with Crippen molar-refractivity contribution in [1.29, 1.82) is 0 Å². The largest absolute Gasteiger partial charge is 0.383 e. The van der Waals surface area contributed by atoms with Crippen LogP contribution in [0.3, 0.4) is 0 Å². The predicted octanol–water partition coefficient (Wildman–Crippen LogP) is 0.322. The summed E-state index contributed by atoms with van der Waals surface area (Å²) in [4.78, 5) is 2.82. The van der Waals surface area contributed by atoms with E-state index in [1.165, 1.54) is 12.3 Å². The molecule has 1 heterocycles. The lowest BCUT2D eigenvalue weighted by Gasteiger charge is -1.96. The standard InChI is InChI=1S/C5H5FN2O2S/c6-11(9,10)4-2-1-3-8-5(4)7/h1-3H,(H2,7,8). The van der Waals surface area contributed by atoms with E-state index in [1.54, 1.807) is 0 Å². The molecule has 1 aromatic heterocycles. The van der Waals surface area contributed by atoms with Crippen LogP contribution in [0, 0.1) is 0 Å². The molecule has 0 atom stereocenters. The zero-order chi connectivity index (χ0) is 8.48. The number of pyridine rings is 1. The number of rotatable bonds is 1. The molecule has 0 fully saturated rings. The van der Waals surface area contributed by atoms with Crippen molar-refractivity contribution in [1.82, 2.24) is 4.98 Å². The SMILES string of the molecule is Nc1ncccc1S(=O)(=O)F. The van der Waals surface area contributed by atoms with Gasteiger partial charge >= 0.3 is 10.2 Å². The Hall–Kier alpha value is -1.17. The van der Waals surface area contributed by atoms with Gasteiger partial charge in [0.1, 0.15) is 10.7 Å². The molecule has 60 valence electrons. The highest BCUT2D eigenvalue weighted by Gasteiger charge is 2.15. The first-order chi connectivity index (χ1) is 5.02. The fraction of sp³-hybridized carbons (Fsp3) is 0. The molecule has 0 aliphatic heterocycles. The van der Waals surface area contributed by atoms with Crippen molar-refractivity contribution in [2.75, 3.05) is 5.73 Å². The summed E-state index contributed by atoms with van der Waals surface area (Å²) in [6.07, 6.45) is 1.28. The molecule has 4 nitrogen and oxygen atoms in total. The lowest BCUT2D eigenvalue weighted by Crippen LogP contribution is -2.00. The molecule has 0 aliphatic rings. The Kier molecular flexibility index (Phi) is 1.77. The van der Waals surface area contributed by atoms with E-state index in [-0.39, 0.29) is 5.82 Å². The molecule has 0 saturated carbocycles. The van der Waals surface area contributed by atoms with Gasteiger partial charge < -0.3 is 5.73 Å². The van der Waals surface area contributed by atoms with Crippen molar-refractivity contribution in [3.63, 3.8) is 0 Å². The van der Waals surface area contributed by atoms with E-state index in [0.29, 0.717) is 0 Å². The van der Waals surface area contributed by atoms with Gasteiger partial charge in [0.05, 0.1) is 0 Å². The molecule has 0 amide bonds. The Morgan fingerprint density at radius 1 is 1.55 bits per heavy atom. The van der Waals surface area contributed by atoms with E-state index in [0.717, 1.165) is 6.07 Å². The predicted molar refractivity (Wildman–Crippen MR) is 36.9 cm³/mol. The van der Waals surface area contributed by atoms with Crippen molar-refractivity contribution in [2.24, 2.45) is 0 Å². The van der Waals surface area contributed by atoms with Gasteiger partial charge in [0.25, 0.3) is 0 Å². The van der Waals surface area contributed by atoms with Gasteiger partial charge in [0.2, 0.25) is 0 Å². The number of anilines is 1. The summed E-state index contributed by atoms with van der Waals surface area (Å²) in [7, 11) is -4.72. The Balaban J connectivity index is 3.37. The fourth-order valence-electron chi connectivity index (χ4n) is 0.609. The second-order valence-corrected chi connectivity index (χ2v) is 3.14.